The summed E-state index contributed by atoms with van der Waals surface area (Å²) in [6.45, 7) is 5.67. The third kappa shape index (κ3) is 4.11. The van der Waals surface area contributed by atoms with Crippen LogP contribution in [0.5, 0.6) is 0 Å². The highest BCUT2D eigenvalue weighted by atomic mass is 79.9. The van der Waals surface area contributed by atoms with Gasteiger partial charge in [0.1, 0.15) is 5.82 Å². The minimum atomic E-state index is -0.484. The molecule has 0 bridgehead atoms. The van der Waals surface area contributed by atoms with E-state index < -0.39 is 5.82 Å². The molecule has 0 heterocycles. The highest BCUT2D eigenvalue weighted by Gasteiger charge is 2.22. The van der Waals surface area contributed by atoms with E-state index in [0.717, 1.165) is 17.3 Å². The van der Waals surface area contributed by atoms with Gasteiger partial charge in [0.15, 0.2) is 0 Å². The third-order valence-electron chi connectivity index (χ3n) is 2.54. The van der Waals surface area contributed by atoms with E-state index in [1.54, 1.807) is 12.1 Å². The van der Waals surface area contributed by atoms with Gasteiger partial charge in [-0.1, -0.05) is 27.6 Å². The number of amides is 1. The van der Waals surface area contributed by atoms with Crippen LogP contribution in [-0.2, 0) is 0 Å². The summed E-state index contributed by atoms with van der Waals surface area (Å²) in [5.74, 6) is -0.847. The number of carbonyl (C=O) groups excluding carboxylic acids is 1. The summed E-state index contributed by atoms with van der Waals surface area (Å²) in [5.41, 5.74) is 0.624. The smallest absolute Gasteiger partial charge is 0.254 e. The predicted octanol–water partition coefficient (Wildman–Crippen LogP) is 3.43. The van der Waals surface area contributed by atoms with Gasteiger partial charge in [0.25, 0.3) is 5.91 Å². The number of hydrogen-bond acceptors (Lipinski definition) is 1. The number of halogens is 2. The Balaban J connectivity index is 2.86. The van der Waals surface area contributed by atoms with E-state index in [1.165, 1.54) is 6.07 Å². The molecule has 0 radical (unpaired) electrons. The van der Waals surface area contributed by atoms with Crippen LogP contribution >= 0.6 is 15.9 Å². The Morgan fingerprint density at radius 1 is 1.47 bits per heavy atom. The molecule has 0 atom stereocenters. The zero-order valence-electron chi connectivity index (χ0n) is 10.3. The average Bonchev–Trinajstić information content (AvgIpc) is 2.20. The molecule has 1 aromatic rings. The molecule has 0 aliphatic heterocycles. The van der Waals surface area contributed by atoms with Crippen LogP contribution in [0.15, 0.2) is 18.2 Å². The molecule has 1 amide bonds. The first-order chi connectivity index (χ1) is 7.85. The summed E-state index contributed by atoms with van der Waals surface area (Å²) in [6.07, 6.45) is 0.784. The van der Waals surface area contributed by atoms with Gasteiger partial charge in [-0.15, -0.1) is 0 Å². The zero-order chi connectivity index (χ0) is 13.1. The number of aryl methyl sites for hydroxylation is 1. The molecule has 4 heteroatoms. The maximum atomic E-state index is 13.5. The Morgan fingerprint density at radius 2 is 2.12 bits per heavy atom. The van der Waals surface area contributed by atoms with Crippen LogP contribution in [0.3, 0.4) is 0 Å². The molecule has 0 spiro atoms. The number of benzene rings is 1. The molecule has 1 N–H and O–H groups in total. The molecule has 2 nitrogen and oxygen atoms in total. The molecule has 94 valence electrons. The van der Waals surface area contributed by atoms with Gasteiger partial charge >= 0.3 is 0 Å². The first kappa shape index (κ1) is 14.2. The van der Waals surface area contributed by atoms with E-state index in [0.29, 0.717) is 0 Å². The number of hydrogen-bond donors (Lipinski definition) is 1. The van der Waals surface area contributed by atoms with Gasteiger partial charge in [0.05, 0.1) is 5.56 Å². The Kier molecular flexibility index (Phi) is 4.69. The van der Waals surface area contributed by atoms with Crippen molar-refractivity contribution in [3.63, 3.8) is 0 Å². The molecule has 0 fully saturated rings. The van der Waals surface area contributed by atoms with E-state index in [4.69, 9.17) is 0 Å². The van der Waals surface area contributed by atoms with Crippen molar-refractivity contribution in [2.24, 2.45) is 0 Å². The van der Waals surface area contributed by atoms with Crippen LogP contribution in [0.4, 0.5) is 4.39 Å². The summed E-state index contributed by atoms with van der Waals surface area (Å²) < 4.78 is 13.5. The second-order valence-electron chi connectivity index (χ2n) is 4.76. The molecule has 1 aromatic carbocycles. The van der Waals surface area contributed by atoms with Crippen LogP contribution < -0.4 is 5.32 Å². The second kappa shape index (κ2) is 5.63. The van der Waals surface area contributed by atoms with Crippen LogP contribution in [0, 0.1) is 12.7 Å². The fraction of sp³-hybridized carbons (Fsp3) is 0.462. The summed E-state index contributed by atoms with van der Waals surface area (Å²) in [6, 6.07) is 4.53. The molecular weight excluding hydrogens is 285 g/mol. The van der Waals surface area contributed by atoms with E-state index >= 15 is 0 Å². The zero-order valence-corrected chi connectivity index (χ0v) is 11.9. The standard InChI is InChI=1S/C13H17BrFNO/c1-9-4-5-11(15)10(8-9)12(17)16-13(2,3)6-7-14/h4-5,8H,6-7H2,1-3H3,(H,16,17). The van der Waals surface area contributed by atoms with Gasteiger partial charge in [-0.25, -0.2) is 4.39 Å². The summed E-state index contributed by atoms with van der Waals surface area (Å²) in [5, 5.41) is 3.62. The Hall–Kier alpha value is -0.900. The largest absolute Gasteiger partial charge is 0.347 e. The van der Waals surface area contributed by atoms with Gasteiger partial charge in [-0.2, -0.15) is 0 Å². The SMILES string of the molecule is Cc1ccc(F)c(C(=O)NC(C)(C)CCBr)c1. The number of nitrogens with one attached hydrogen (secondary N) is 1. The summed E-state index contributed by atoms with van der Waals surface area (Å²) in [7, 11) is 0. The van der Waals surface area contributed by atoms with Crippen molar-refractivity contribution in [1.29, 1.82) is 0 Å². The topological polar surface area (TPSA) is 29.1 Å². The molecule has 1 rings (SSSR count). The minimum Gasteiger partial charge on any atom is -0.347 e. The van der Waals surface area contributed by atoms with Gasteiger partial charge in [0.2, 0.25) is 0 Å². The molecule has 17 heavy (non-hydrogen) atoms. The first-order valence-electron chi connectivity index (χ1n) is 5.50. The van der Waals surface area contributed by atoms with Crippen molar-refractivity contribution in [3.05, 3.63) is 35.1 Å². The summed E-state index contributed by atoms with van der Waals surface area (Å²) in [4.78, 5) is 11.9. The third-order valence-corrected chi connectivity index (χ3v) is 2.93. The highest BCUT2D eigenvalue weighted by Crippen LogP contribution is 2.14. The maximum Gasteiger partial charge on any atom is 0.254 e. The molecular formula is C13H17BrFNO. The van der Waals surface area contributed by atoms with Crippen LogP contribution in [0.2, 0.25) is 0 Å². The summed E-state index contributed by atoms with van der Waals surface area (Å²) >= 11 is 3.33. The van der Waals surface area contributed by atoms with Crippen LogP contribution in [-0.4, -0.2) is 16.8 Å². The van der Waals surface area contributed by atoms with Gasteiger partial charge in [0, 0.05) is 10.9 Å². The van der Waals surface area contributed by atoms with Gasteiger partial charge < -0.3 is 5.32 Å². The molecule has 0 aromatic heterocycles. The number of alkyl halides is 1. The first-order valence-corrected chi connectivity index (χ1v) is 6.62. The van der Waals surface area contributed by atoms with Crippen LogP contribution in [0.25, 0.3) is 0 Å². The number of rotatable bonds is 4. The fourth-order valence-electron chi connectivity index (χ4n) is 1.49. The molecule has 0 aliphatic carbocycles. The second-order valence-corrected chi connectivity index (χ2v) is 5.55. The minimum absolute atomic E-state index is 0.104. The quantitative estimate of drug-likeness (QED) is 0.848. The average molecular weight is 302 g/mol. The molecule has 0 unspecified atom stereocenters. The van der Waals surface area contributed by atoms with Crippen molar-refractivity contribution in [2.45, 2.75) is 32.7 Å². The van der Waals surface area contributed by atoms with E-state index in [1.807, 2.05) is 20.8 Å². The van der Waals surface area contributed by atoms with Crippen molar-refractivity contribution in [2.75, 3.05) is 5.33 Å². The lowest BCUT2D eigenvalue weighted by Gasteiger charge is -2.25. The molecule has 0 saturated carbocycles. The van der Waals surface area contributed by atoms with Gasteiger partial charge in [-0.3, -0.25) is 4.79 Å². The normalized spacial score (nSPS) is 11.4. The lowest BCUT2D eigenvalue weighted by molar-refractivity contribution is 0.0907. The maximum absolute atomic E-state index is 13.5. The van der Waals surface area contributed by atoms with E-state index in [9.17, 15) is 9.18 Å². The number of carbonyl (C=O) groups is 1. The Morgan fingerprint density at radius 3 is 2.71 bits per heavy atom. The van der Waals surface area contributed by atoms with E-state index in [-0.39, 0.29) is 17.0 Å². The highest BCUT2D eigenvalue weighted by molar-refractivity contribution is 9.09. The predicted molar refractivity (Wildman–Crippen MR) is 71.1 cm³/mol. The van der Waals surface area contributed by atoms with Crippen molar-refractivity contribution in [3.8, 4) is 0 Å². The van der Waals surface area contributed by atoms with Crippen molar-refractivity contribution < 1.29 is 9.18 Å². The molecule has 0 saturated heterocycles. The van der Waals surface area contributed by atoms with Crippen molar-refractivity contribution >= 4 is 21.8 Å². The van der Waals surface area contributed by atoms with Gasteiger partial charge in [-0.05, 0) is 39.3 Å². The monoisotopic (exact) mass is 301 g/mol. The fourth-order valence-corrected chi connectivity index (χ4v) is 2.48. The molecule has 0 aliphatic rings. The van der Waals surface area contributed by atoms with E-state index in [2.05, 4.69) is 21.2 Å². The Bertz CT molecular complexity index is 418. The van der Waals surface area contributed by atoms with Crippen LogP contribution in [0.1, 0.15) is 36.2 Å². The Labute approximate surface area is 110 Å². The van der Waals surface area contributed by atoms with Crippen molar-refractivity contribution in [1.82, 2.24) is 5.32 Å². The lowest BCUT2D eigenvalue weighted by Crippen LogP contribution is -2.44. The lowest BCUT2D eigenvalue weighted by atomic mass is 10.0.